The molecule has 6 heteroatoms. The topological polar surface area (TPSA) is 69.6 Å². The molecule has 20 heavy (non-hydrogen) atoms. The number of carboxylic acid groups (broad SMARTS) is 1. The van der Waals surface area contributed by atoms with Gasteiger partial charge in [0.05, 0.1) is 6.42 Å². The van der Waals surface area contributed by atoms with Gasteiger partial charge in [0, 0.05) is 24.2 Å². The smallest absolute Gasteiger partial charge is 0.317 e. The molecule has 1 aromatic carbocycles. The fourth-order valence-electron chi connectivity index (χ4n) is 1.79. The highest BCUT2D eigenvalue weighted by Gasteiger charge is 2.25. The van der Waals surface area contributed by atoms with E-state index in [0.29, 0.717) is 11.6 Å². The summed E-state index contributed by atoms with van der Waals surface area (Å²) >= 11 is 5.89. The van der Waals surface area contributed by atoms with E-state index in [-0.39, 0.29) is 12.5 Å². The van der Waals surface area contributed by atoms with Crippen LogP contribution in [0.25, 0.3) is 0 Å². The lowest BCUT2D eigenvalue weighted by molar-refractivity contribution is -0.138. The Bertz CT molecular complexity index is 503. The standard InChI is InChI=1S/C14H19ClN2O3/c1-14(2,8-12(18)19)16-13(20)17(3)9-10-5-4-6-11(15)7-10/h4-7H,8-9H2,1-3H3,(H,16,20)(H,18,19). The van der Waals surface area contributed by atoms with Crippen LogP contribution in [-0.2, 0) is 11.3 Å². The Morgan fingerprint density at radius 2 is 2.05 bits per heavy atom. The molecule has 1 rings (SSSR count). The Morgan fingerprint density at radius 1 is 1.40 bits per heavy atom. The van der Waals surface area contributed by atoms with Gasteiger partial charge in [-0.15, -0.1) is 0 Å². The molecule has 110 valence electrons. The quantitative estimate of drug-likeness (QED) is 0.878. The molecule has 2 amide bonds. The van der Waals surface area contributed by atoms with Gasteiger partial charge < -0.3 is 15.3 Å². The number of carbonyl (C=O) groups is 2. The molecule has 0 bridgehead atoms. The zero-order valence-electron chi connectivity index (χ0n) is 11.8. The van der Waals surface area contributed by atoms with Gasteiger partial charge in [0.1, 0.15) is 0 Å². The molecule has 0 unspecified atom stereocenters. The molecule has 0 aliphatic rings. The van der Waals surface area contributed by atoms with Gasteiger partial charge in [-0.2, -0.15) is 0 Å². The number of nitrogens with one attached hydrogen (secondary N) is 1. The first kappa shape index (κ1) is 16.3. The van der Waals surface area contributed by atoms with Gasteiger partial charge in [-0.1, -0.05) is 23.7 Å². The summed E-state index contributed by atoms with van der Waals surface area (Å²) in [5, 5.41) is 12.1. The fraction of sp³-hybridized carbons (Fsp3) is 0.429. The Morgan fingerprint density at radius 3 is 2.60 bits per heavy atom. The van der Waals surface area contributed by atoms with Crippen LogP contribution in [0, 0.1) is 0 Å². The van der Waals surface area contributed by atoms with Crippen molar-refractivity contribution in [3.05, 3.63) is 34.9 Å². The largest absolute Gasteiger partial charge is 0.481 e. The SMILES string of the molecule is CN(Cc1cccc(Cl)c1)C(=O)NC(C)(C)CC(=O)O. The van der Waals surface area contributed by atoms with Gasteiger partial charge in [-0.3, -0.25) is 4.79 Å². The minimum atomic E-state index is -0.951. The summed E-state index contributed by atoms with van der Waals surface area (Å²) < 4.78 is 0. The maximum atomic E-state index is 12.0. The molecule has 0 saturated heterocycles. The molecule has 0 saturated carbocycles. The number of nitrogens with zero attached hydrogens (tertiary/aromatic N) is 1. The first-order valence-corrected chi connectivity index (χ1v) is 6.57. The monoisotopic (exact) mass is 298 g/mol. The number of urea groups is 1. The predicted octanol–water partition coefficient (Wildman–Crippen LogP) is 2.73. The van der Waals surface area contributed by atoms with Gasteiger partial charge in [0.25, 0.3) is 0 Å². The highest BCUT2D eigenvalue weighted by Crippen LogP contribution is 2.13. The number of amides is 2. The number of carbonyl (C=O) groups excluding carboxylic acids is 1. The third kappa shape index (κ3) is 5.48. The molecule has 0 radical (unpaired) electrons. The number of rotatable bonds is 5. The zero-order chi connectivity index (χ0) is 15.3. The maximum Gasteiger partial charge on any atom is 0.317 e. The lowest BCUT2D eigenvalue weighted by Crippen LogP contribution is -2.49. The summed E-state index contributed by atoms with van der Waals surface area (Å²) in [6, 6.07) is 6.92. The number of hydrogen-bond donors (Lipinski definition) is 2. The number of hydrogen-bond acceptors (Lipinski definition) is 2. The van der Waals surface area contributed by atoms with E-state index < -0.39 is 11.5 Å². The van der Waals surface area contributed by atoms with Crippen LogP contribution in [0.2, 0.25) is 5.02 Å². The van der Waals surface area contributed by atoms with Crippen LogP contribution >= 0.6 is 11.6 Å². The normalized spacial score (nSPS) is 11.0. The summed E-state index contributed by atoms with van der Waals surface area (Å²) in [5.41, 5.74) is 0.108. The van der Waals surface area contributed by atoms with Crippen molar-refractivity contribution in [1.29, 1.82) is 0 Å². The van der Waals surface area contributed by atoms with Crippen LogP contribution in [0.15, 0.2) is 24.3 Å². The molecule has 0 aromatic heterocycles. The molecule has 1 aromatic rings. The van der Waals surface area contributed by atoms with Crippen molar-refractivity contribution >= 4 is 23.6 Å². The highest BCUT2D eigenvalue weighted by atomic mass is 35.5. The molecule has 0 spiro atoms. The zero-order valence-corrected chi connectivity index (χ0v) is 12.6. The molecule has 0 aliphatic carbocycles. The number of benzene rings is 1. The Labute approximate surface area is 123 Å². The van der Waals surface area contributed by atoms with Gasteiger partial charge in [0.2, 0.25) is 0 Å². The molecule has 5 nitrogen and oxygen atoms in total. The van der Waals surface area contributed by atoms with Crippen molar-refractivity contribution in [2.75, 3.05) is 7.05 Å². The van der Waals surface area contributed by atoms with E-state index in [1.165, 1.54) is 4.90 Å². The first-order chi connectivity index (χ1) is 9.19. The molecule has 2 N–H and O–H groups in total. The van der Waals surface area contributed by atoms with Crippen molar-refractivity contribution in [1.82, 2.24) is 10.2 Å². The summed E-state index contributed by atoms with van der Waals surface area (Å²) in [5.74, 6) is -0.951. The van der Waals surface area contributed by atoms with E-state index in [2.05, 4.69) is 5.32 Å². The maximum absolute atomic E-state index is 12.0. The fourth-order valence-corrected chi connectivity index (χ4v) is 2.00. The molecular formula is C14H19ClN2O3. The summed E-state index contributed by atoms with van der Waals surface area (Å²) in [7, 11) is 1.65. The van der Waals surface area contributed by atoms with Crippen LogP contribution in [-0.4, -0.2) is 34.6 Å². The predicted molar refractivity (Wildman–Crippen MR) is 77.8 cm³/mol. The lowest BCUT2D eigenvalue weighted by Gasteiger charge is -2.28. The number of aliphatic carboxylic acids is 1. The van der Waals surface area contributed by atoms with E-state index in [1.54, 1.807) is 33.0 Å². The van der Waals surface area contributed by atoms with Crippen LogP contribution in [0.3, 0.4) is 0 Å². The van der Waals surface area contributed by atoms with E-state index >= 15 is 0 Å². The van der Waals surface area contributed by atoms with Crippen molar-refractivity contribution in [3.8, 4) is 0 Å². The Kier molecular flexibility index (Phi) is 5.39. The molecule has 0 heterocycles. The molecular weight excluding hydrogens is 280 g/mol. The highest BCUT2D eigenvalue weighted by molar-refractivity contribution is 6.30. The summed E-state index contributed by atoms with van der Waals surface area (Å²) in [6.07, 6.45) is -0.135. The van der Waals surface area contributed by atoms with Crippen molar-refractivity contribution < 1.29 is 14.7 Å². The first-order valence-electron chi connectivity index (χ1n) is 6.19. The minimum absolute atomic E-state index is 0.135. The van der Waals surface area contributed by atoms with E-state index in [0.717, 1.165) is 5.56 Å². The van der Waals surface area contributed by atoms with Crippen LogP contribution in [0.1, 0.15) is 25.8 Å². The molecule has 0 atom stereocenters. The van der Waals surface area contributed by atoms with Crippen molar-refractivity contribution in [2.45, 2.75) is 32.4 Å². The van der Waals surface area contributed by atoms with E-state index in [1.807, 2.05) is 12.1 Å². The second-order valence-electron chi connectivity index (χ2n) is 5.37. The van der Waals surface area contributed by atoms with E-state index in [4.69, 9.17) is 16.7 Å². The third-order valence-electron chi connectivity index (χ3n) is 2.69. The van der Waals surface area contributed by atoms with Crippen molar-refractivity contribution in [2.24, 2.45) is 0 Å². The average molecular weight is 299 g/mol. The van der Waals surface area contributed by atoms with Gasteiger partial charge >= 0.3 is 12.0 Å². The number of carboxylic acids is 1. The van der Waals surface area contributed by atoms with Crippen LogP contribution in [0.4, 0.5) is 4.79 Å². The van der Waals surface area contributed by atoms with Crippen molar-refractivity contribution in [3.63, 3.8) is 0 Å². The second-order valence-corrected chi connectivity index (χ2v) is 5.81. The van der Waals surface area contributed by atoms with Gasteiger partial charge in [-0.25, -0.2) is 4.79 Å². The second kappa shape index (κ2) is 6.61. The van der Waals surface area contributed by atoms with Crippen LogP contribution < -0.4 is 5.32 Å². The molecule has 0 aliphatic heterocycles. The Balaban J connectivity index is 2.61. The minimum Gasteiger partial charge on any atom is -0.481 e. The van der Waals surface area contributed by atoms with Gasteiger partial charge in [-0.05, 0) is 31.5 Å². The molecule has 0 fully saturated rings. The van der Waals surface area contributed by atoms with E-state index in [9.17, 15) is 9.59 Å². The van der Waals surface area contributed by atoms with Gasteiger partial charge in [0.15, 0.2) is 0 Å². The summed E-state index contributed by atoms with van der Waals surface area (Å²) in [6.45, 7) is 3.74. The third-order valence-corrected chi connectivity index (χ3v) is 2.93. The average Bonchev–Trinajstić information content (AvgIpc) is 2.26. The number of halogens is 1. The van der Waals surface area contributed by atoms with Crippen LogP contribution in [0.5, 0.6) is 0 Å². The Hall–Kier alpha value is -1.75. The summed E-state index contributed by atoms with van der Waals surface area (Å²) in [4.78, 5) is 24.2. The lowest BCUT2D eigenvalue weighted by atomic mass is 10.0.